The summed E-state index contributed by atoms with van der Waals surface area (Å²) >= 11 is 0. The second-order valence-corrected chi connectivity index (χ2v) is 5.34. The third kappa shape index (κ3) is 3.99. The van der Waals surface area contributed by atoms with Gasteiger partial charge in [0.15, 0.2) is 0 Å². The minimum absolute atomic E-state index is 0.139. The number of hydrogen-bond acceptors (Lipinski definition) is 2. The monoisotopic (exact) mass is 283 g/mol. The lowest BCUT2D eigenvalue weighted by Gasteiger charge is -2.24. The number of amides is 2. The van der Waals surface area contributed by atoms with Gasteiger partial charge in [-0.15, -0.1) is 0 Å². The number of nitrogen functional groups attached to an aromatic ring is 1. The van der Waals surface area contributed by atoms with Crippen LogP contribution in [0.5, 0.6) is 0 Å². The Morgan fingerprint density at radius 3 is 2.19 bits per heavy atom. The maximum Gasteiger partial charge on any atom is 0.326 e. The summed E-state index contributed by atoms with van der Waals surface area (Å²) in [5.41, 5.74) is 8.01. The fraction of sp³-hybridized carbons (Fsp3) is 0.235. The molecule has 3 N–H and O–H groups in total. The van der Waals surface area contributed by atoms with E-state index in [4.69, 9.17) is 5.73 Å². The number of hydrogen-bond donors (Lipinski definition) is 2. The lowest BCUT2D eigenvalue weighted by atomic mass is 10.2. The lowest BCUT2D eigenvalue weighted by molar-refractivity contribution is 0.247. The highest BCUT2D eigenvalue weighted by atomic mass is 16.2. The number of carbonyl (C=O) groups is 1. The van der Waals surface area contributed by atoms with Crippen LogP contribution in [0.25, 0.3) is 0 Å². The molecule has 0 saturated heterocycles. The number of urea groups is 1. The van der Waals surface area contributed by atoms with Crippen molar-refractivity contribution in [1.82, 2.24) is 5.32 Å². The molecule has 0 bridgehead atoms. The van der Waals surface area contributed by atoms with Crippen molar-refractivity contribution in [2.45, 2.75) is 13.8 Å². The largest absolute Gasteiger partial charge is 0.399 e. The first-order chi connectivity index (χ1) is 10.1. The summed E-state index contributed by atoms with van der Waals surface area (Å²) in [5, 5.41) is 2.95. The molecule has 0 heterocycles. The van der Waals surface area contributed by atoms with Crippen LogP contribution in [-0.2, 0) is 0 Å². The van der Waals surface area contributed by atoms with Crippen LogP contribution in [0.15, 0.2) is 54.6 Å². The average molecular weight is 283 g/mol. The Hall–Kier alpha value is -2.49. The van der Waals surface area contributed by atoms with Gasteiger partial charge in [-0.25, -0.2) is 4.79 Å². The van der Waals surface area contributed by atoms with Crippen LogP contribution in [-0.4, -0.2) is 12.6 Å². The van der Waals surface area contributed by atoms with E-state index in [1.807, 2.05) is 42.5 Å². The van der Waals surface area contributed by atoms with E-state index in [9.17, 15) is 4.79 Å². The molecule has 0 aliphatic rings. The Bertz CT molecular complexity index is 579. The van der Waals surface area contributed by atoms with Crippen molar-refractivity contribution < 1.29 is 4.79 Å². The van der Waals surface area contributed by atoms with Crippen molar-refractivity contribution in [2.24, 2.45) is 5.92 Å². The first kappa shape index (κ1) is 14.9. The van der Waals surface area contributed by atoms with Gasteiger partial charge >= 0.3 is 6.03 Å². The Labute approximate surface area is 125 Å². The van der Waals surface area contributed by atoms with E-state index in [0.717, 1.165) is 11.4 Å². The van der Waals surface area contributed by atoms with Gasteiger partial charge in [0.1, 0.15) is 0 Å². The number of rotatable bonds is 4. The molecule has 4 nitrogen and oxygen atoms in total. The summed E-state index contributed by atoms with van der Waals surface area (Å²) < 4.78 is 0. The fourth-order valence-electron chi connectivity index (χ4n) is 1.95. The van der Waals surface area contributed by atoms with Crippen molar-refractivity contribution in [3.05, 3.63) is 54.6 Å². The first-order valence-electron chi connectivity index (χ1n) is 7.06. The smallest absolute Gasteiger partial charge is 0.326 e. The van der Waals surface area contributed by atoms with E-state index >= 15 is 0 Å². The van der Waals surface area contributed by atoms with E-state index in [0.29, 0.717) is 18.2 Å². The summed E-state index contributed by atoms with van der Waals surface area (Å²) in [7, 11) is 0. The molecular formula is C17H21N3O. The number of anilines is 3. The van der Waals surface area contributed by atoms with Crippen molar-refractivity contribution in [1.29, 1.82) is 0 Å². The van der Waals surface area contributed by atoms with Crippen molar-refractivity contribution in [3.63, 3.8) is 0 Å². The van der Waals surface area contributed by atoms with Gasteiger partial charge in [0, 0.05) is 12.2 Å². The molecule has 110 valence electrons. The van der Waals surface area contributed by atoms with Crippen LogP contribution in [0.2, 0.25) is 0 Å². The van der Waals surface area contributed by atoms with E-state index in [-0.39, 0.29) is 6.03 Å². The van der Waals surface area contributed by atoms with Crippen LogP contribution < -0.4 is 16.0 Å². The van der Waals surface area contributed by atoms with E-state index in [1.54, 1.807) is 17.0 Å². The van der Waals surface area contributed by atoms with Crippen LogP contribution in [0.3, 0.4) is 0 Å². The van der Waals surface area contributed by atoms with E-state index in [2.05, 4.69) is 19.2 Å². The number of carbonyl (C=O) groups excluding carboxylic acids is 1. The molecule has 21 heavy (non-hydrogen) atoms. The molecule has 0 aliphatic carbocycles. The Kier molecular flexibility index (Phi) is 4.82. The molecule has 0 spiro atoms. The molecule has 0 aliphatic heterocycles. The highest BCUT2D eigenvalue weighted by Crippen LogP contribution is 2.26. The molecule has 0 saturated carbocycles. The molecule has 0 unspecified atom stereocenters. The van der Waals surface area contributed by atoms with E-state index in [1.165, 1.54) is 0 Å². The normalized spacial score (nSPS) is 10.4. The number of benzene rings is 2. The third-order valence-electron chi connectivity index (χ3n) is 3.03. The minimum Gasteiger partial charge on any atom is -0.399 e. The predicted molar refractivity (Wildman–Crippen MR) is 87.7 cm³/mol. The van der Waals surface area contributed by atoms with Crippen LogP contribution in [0, 0.1) is 5.92 Å². The summed E-state index contributed by atoms with van der Waals surface area (Å²) in [6.45, 7) is 4.77. The second-order valence-electron chi connectivity index (χ2n) is 5.34. The third-order valence-corrected chi connectivity index (χ3v) is 3.03. The minimum atomic E-state index is -0.139. The van der Waals surface area contributed by atoms with Gasteiger partial charge in [0.05, 0.1) is 11.4 Å². The van der Waals surface area contributed by atoms with E-state index < -0.39 is 0 Å². The van der Waals surface area contributed by atoms with Crippen LogP contribution in [0.4, 0.5) is 21.9 Å². The average Bonchev–Trinajstić information content (AvgIpc) is 2.48. The van der Waals surface area contributed by atoms with Crippen LogP contribution >= 0.6 is 0 Å². The van der Waals surface area contributed by atoms with Gasteiger partial charge in [-0.2, -0.15) is 0 Å². The zero-order valence-electron chi connectivity index (χ0n) is 12.4. The lowest BCUT2D eigenvalue weighted by Crippen LogP contribution is -2.38. The molecule has 2 aromatic rings. The van der Waals surface area contributed by atoms with Gasteiger partial charge in [0.2, 0.25) is 0 Å². The van der Waals surface area contributed by atoms with Gasteiger partial charge in [-0.05, 0) is 42.3 Å². The maximum absolute atomic E-state index is 12.5. The highest BCUT2D eigenvalue weighted by molar-refractivity contribution is 5.99. The fourth-order valence-corrected chi connectivity index (χ4v) is 1.95. The molecule has 2 amide bonds. The molecule has 2 rings (SSSR count). The summed E-state index contributed by atoms with van der Waals surface area (Å²) in [5.74, 6) is 0.401. The zero-order chi connectivity index (χ0) is 15.2. The quantitative estimate of drug-likeness (QED) is 0.839. The molecule has 0 atom stereocenters. The van der Waals surface area contributed by atoms with Gasteiger partial charge in [-0.3, -0.25) is 4.90 Å². The molecular weight excluding hydrogens is 262 g/mol. The SMILES string of the molecule is CC(C)CNC(=O)N(c1ccccc1)c1ccc(N)cc1. The summed E-state index contributed by atoms with van der Waals surface area (Å²) in [6, 6.07) is 16.7. The Morgan fingerprint density at radius 2 is 1.62 bits per heavy atom. The van der Waals surface area contributed by atoms with Crippen molar-refractivity contribution in [3.8, 4) is 0 Å². The summed E-state index contributed by atoms with van der Waals surface area (Å²) in [4.78, 5) is 14.2. The highest BCUT2D eigenvalue weighted by Gasteiger charge is 2.17. The van der Waals surface area contributed by atoms with Crippen molar-refractivity contribution in [2.75, 3.05) is 17.2 Å². The van der Waals surface area contributed by atoms with Gasteiger partial charge < -0.3 is 11.1 Å². The maximum atomic E-state index is 12.5. The number of para-hydroxylation sites is 1. The standard InChI is InChI=1S/C17H21N3O/c1-13(2)12-19-17(21)20(15-6-4-3-5-7-15)16-10-8-14(18)9-11-16/h3-11,13H,12,18H2,1-2H3,(H,19,21). The summed E-state index contributed by atoms with van der Waals surface area (Å²) in [6.07, 6.45) is 0. The Balaban J connectivity index is 2.30. The first-order valence-corrected chi connectivity index (χ1v) is 7.06. The van der Waals surface area contributed by atoms with Crippen molar-refractivity contribution >= 4 is 23.1 Å². The predicted octanol–water partition coefficient (Wildman–Crippen LogP) is 3.77. The molecule has 0 fully saturated rings. The zero-order valence-corrected chi connectivity index (χ0v) is 12.4. The van der Waals surface area contributed by atoms with Gasteiger partial charge in [0.25, 0.3) is 0 Å². The number of nitrogens with two attached hydrogens (primary N) is 1. The topological polar surface area (TPSA) is 58.4 Å². The number of nitrogens with zero attached hydrogens (tertiary/aromatic N) is 1. The second kappa shape index (κ2) is 6.79. The van der Waals surface area contributed by atoms with Gasteiger partial charge in [-0.1, -0.05) is 32.0 Å². The Morgan fingerprint density at radius 1 is 1.05 bits per heavy atom. The molecule has 4 heteroatoms. The molecule has 0 aromatic heterocycles. The molecule has 2 aromatic carbocycles. The molecule has 0 radical (unpaired) electrons. The number of nitrogens with one attached hydrogen (secondary N) is 1. The van der Waals surface area contributed by atoms with Crippen LogP contribution in [0.1, 0.15) is 13.8 Å².